The van der Waals surface area contributed by atoms with Crippen molar-refractivity contribution in [3.8, 4) is 0 Å². The molecule has 0 saturated carbocycles. The fraction of sp³-hybridized carbons (Fsp3) is 0.500. The van der Waals surface area contributed by atoms with Gasteiger partial charge >= 0.3 is 0 Å². The fourth-order valence-electron chi connectivity index (χ4n) is 2.72. The molecule has 1 aliphatic rings. The fourth-order valence-corrected chi connectivity index (χ4v) is 2.72. The lowest BCUT2D eigenvalue weighted by molar-refractivity contribution is 0.522. The monoisotopic (exact) mass is 214 g/mol. The maximum absolute atomic E-state index is 3.99. The molecule has 0 heterocycles. The molecule has 1 aliphatic carbocycles. The van der Waals surface area contributed by atoms with Gasteiger partial charge in [-0.15, -0.1) is 6.58 Å². The topological polar surface area (TPSA) is 0 Å². The summed E-state index contributed by atoms with van der Waals surface area (Å²) in [5.41, 5.74) is 6.41. The van der Waals surface area contributed by atoms with Gasteiger partial charge in [-0.2, -0.15) is 0 Å². The van der Waals surface area contributed by atoms with E-state index in [1.54, 1.807) is 16.7 Å². The quantitative estimate of drug-likeness (QED) is 0.653. The summed E-state index contributed by atoms with van der Waals surface area (Å²) in [6.07, 6.45) is 4.84. The zero-order chi connectivity index (χ0) is 11.8. The molecule has 0 spiro atoms. The highest BCUT2D eigenvalue weighted by Crippen LogP contribution is 2.39. The van der Waals surface area contributed by atoms with Gasteiger partial charge in [0, 0.05) is 0 Å². The van der Waals surface area contributed by atoms with E-state index in [0.717, 1.165) is 12.8 Å². The first-order valence-electron chi connectivity index (χ1n) is 6.26. The lowest BCUT2D eigenvalue weighted by atomic mass is 9.85. The molecule has 0 N–H and O–H groups in total. The third-order valence-corrected chi connectivity index (χ3v) is 3.82. The van der Waals surface area contributed by atoms with Gasteiger partial charge in [-0.25, -0.2) is 0 Å². The van der Waals surface area contributed by atoms with Crippen LogP contribution in [-0.2, 0) is 18.3 Å². The smallest absolute Gasteiger partial charge is 0.00976 e. The highest BCUT2D eigenvalue weighted by atomic mass is 14.3. The minimum absolute atomic E-state index is 0.383. The van der Waals surface area contributed by atoms with Crippen LogP contribution in [0.15, 0.2) is 30.4 Å². The normalized spacial score (nSPS) is 17.2. The van der Waals surface area contributed by atoms with Crippen LogP contribution in [0.1, 0.15) is 50.3 Å². The lowest BCUT2D eigenvalue weighted by Gasteiger charge is -2.19. The predicted octanol–water partition coefficient (Wildman–Crippen LogP) is 4.42. The van der Waals surface area contributed by atoms with Gasteiger partial charge in [0.1, 0.15) is 0 Å². The molecule has 0 nitrogen and oxygen atoms in total. The van der Waals surface area contributed by atoms with E-state index in [2.05, 4.69) is 45.5 Å². The van der Waals surface area contributed by atoms with Crippen molar-refractivity contribution in [1.29, 1.82) is 0 Å². The Labute approximate surface area is 99.4 Å². The molecule has 86 valence electrons. The number of benzene rings is 1. The van der Waals surface area contributed by atoms with Gasteiger partial charge in [0.25, 0.3) is 0 Å². The number of hydrogen-bond donors (Lipinski definition) is 0. The first-order valence-corrected chi connectivity index (χ1v) is 6.26. The molecule has 0 fully saturated rings. The second-order valence-electron chi connectivity index (χ2n) is 5.78. The third kappa shape index (κ3) is 2.07. The van der Waals surface area contributed by atoms with E-state index in [9.17, 15) is 0 Å². The van der Waals surface area contributed by atoms with E-state index in [0.29, 0.717) is 5.41 Å². The van der Waals surface area contributed by atoms with Crippen LogP contribution in [0.3, 0.4) is 0 Å². The highest BCUT2D eigenvalue weighted by molar-refractivity contribution is 5.43. The van der Waals surface area contributed by atoms with Gasteiger partial charge in [0.2, 0.25) is 0 Å². The summed E-state index contributed by atoms with van der Waals surface area (Å²) in [5.74, 6) is 0. The Bertz CT molecular complexity index is 410. The van der Waals surface area contributed by atoms with Crippen molar-refractivity contribution in [2.24, 2.45) is 0 Å². The summed E-state index contributed by atoms with van der Waals surface area (Å²) in [6, 6.07) is 6.83. The van der Waals surface area contributed by atoms with Crippen molar-refractivity contribution in [3.05, 3.63) is 47.0 Å². The maximum Gasteiger partial charge on any atom is -0.00976 e. The Kier molecular flexibility index (Phi) is 2.92. The molecular weight excluding hydrogens is 192 g/mol. The molecule has 0 bridgehead atoms. The highest BCUT2D eigenvalue weighted by Gasteiger charge is 2.30. The first kappa shape index (κ1) is 11.4. The van der Waals surface area contributed by atoms with Crippen molar-refractivity contribution < 1.29 is 0 Å². The molecule has 0 aromatic heterocycles. The van der Waals surface area contributed by atoms with E-state index < -0.39 is 0 Å². The van der Waals surface area contributed by atoms with E-state index in [1.807, 2.05) is 0 Å². The molecule has 1 aromatic carbocycles. The Hall–Kier alpha value is -1.04. The average Bonchev–Trinajstić information content (AvgIpc) is 2.53. The third-order valence-electron chi connectivity index (χ3n) is 3.82. The summed E-state index contributed by atoms with van der Waals surface area (Å²) in [7, 11) is 0. The summed E-state index contributed by atoms with van der Waals surface area (Å²) in [6.45, 7) is 10.8. The van der Waals surface area contributed by atoms with Crippen LogP contribution in [0, 0.1) is 0 Å². The van der Waals surface area contributed by atoms with Crippen molar-refractivity contribution in [1.82, 2.24) is 0 Å². The van der Waals surface area contributed by atoms with Gasteiger partial charge in [0.05, 0.1) is 0 Å². The molecule has 0 amide bonds. The van der Waals surface area contributed by atoms with Crippen molar-refractivity contribution in [3.63, 3.8) is 0 Å². The second-order valence-corrected chi connectivity index (χ2v) is 5.78. The van der Waals surface area contributed by atoms with Crippen LogP contribution in [0.4, 0.5) is 0 Å². The molecule has 0 saturated heterocycles. The first-order chi connectivity index (χ1) is 7.50. The van der Waals surface area contributed by atoms with Crippen molar-refractivity contribution in [2.75, 3.05) is 0 Å². The van der Waals surface area contributed by atoms with Crippen LogP contribution < -0.4 is 0 Å². The number of rotatable bonds is 3. The standard InChI is InChI=1S/C16H22/c1-12(2)8-9-13-6-5-7-15-14(13)10-11-16(15,3)4/h5-7H,1,8-11H2,2-4H3. The summed E-state index contributed by atoms with van der Waals surface area (Å²) in [4.78, 5) is 0. The largest absolute Gasteiger partial charge is 0.100 e. The Morgan fingerprint density at radius 2 is 2.12 bits per heavy atom. The zero-order valence-corrected chi connectivity index (χ0v) is 10.8. The molecule has 0 heteroatoms. The predicted molar refractivity (Wildman–Crippen MR) is 70.9 cm³/mol. The Morgan fingerprint density at radius 3 is 2.81 bits per heavy atom. The van der Waals surface area contributed by atoms with Crippen LogP contribution in [-0.4, -0.2) is 0 Å². The summed E-state index contributed by atoms with van der Waals surface area (Å²) in [5, 5.41) is 0. The van der Waals surface area contributed by atoms with E-state index in [-0.39, 0.29) is 0 Å². The molecule has 16 heavy (non-hydrogen) atoms. The van der Waals surface area contributed by atoms with Gasteiger partial charge < -0.3 is 0 Å². The Balaban J connectivity index is 2.29. The summed E-state index contributed by atoms with van der Waals surface area (Å²) >= 11 is 0. The van der Waals surface area contributed by atoms with Crippen molar-refractivity contribution >= 4 is 0 Å². The SMILES string of the molecule is C=C(C)CCc1cccc2c1CCC2(C)C. The molecule has 2 rings (SSSR count). The van der Waals surface area contributed by atoms with E-state index in [1.165, 1.54) is 18.4 Å². The molecule has 1 aromatic rings. The van der Waals surface area contributed by atoms with Gasteiger partial charge in [-0.05, 0) is 54.7 Å². The molecule has 0 unspecified atom stereocenters. The summed E-state index contributed by atoms with van der Waals surface area (Å²) < 4.78 is 0. The number of aryl methyl sites for hydroxylation is 1. The van der Waals surface area contributed by atoms with Gasteiger partial charge in [-0.1, -0.05) is 37.6 Å². The van der Waals surface area contributed by atoms with Crippen LogP contribution >= 0.6 is 0 Å². The molecule has 0 aliphatic heterocycles. The number of fused-ring (bicyclic) bond motifs is 1. The van der Waals surface area contributed by atoms with Gasteiger partial charge in [-0.3, -0.25) is 0 Å². The second kappa shape index (κ2) is 4.08. The lowest BCUT2D eigenvalue weighted by Crippen LogP contribution is -2.11. The number of hydrogen-bond acceptors (Lipinski definition) is 0. The van der Waals surface area contributed by atoms with Crippen LogP contribution in [0.25, 0.3) is 0 Å². The Morgan fingerprint density at radius 1 is 1.38 bits per heavy atom. The van der Waals surface area contributed by atoms with Crippen LogP contribution in [0.2, 0.25) is 0 Å². The molecule has 0 atom stereocenters. The minimum atomic E-state index is 0.383. The van der Waals surface area contributed by atoms with Crippen molar-refractivity contribution in [2.45, 2.75) is 51.9 Å². The zero-order valence-electron chi connectivity index (χ0n) is 10.8. The minimum Gasteiger partial charge on any atom is -0.100 e. The average molecular weight is 214 g/mol. The maximum atomic E-state index is 3.99. The molecular formula is C16H22. The van der Waals surface area contributed by atoms with E-state index >= 15 is 0 Å². The van der Waals surface area contributed by atoms with Crippen LogP contribution in [0.5, 0.6) is 0 Å². The van der Waals surface area contributed by atoms with Gasteiger partial charge in [0.15, 0.2) is 0 Å². The molecule has 0 radical (unpaired) electrons. The van der Waals surface area contributed by atoms with E-state index in [4.69, 9.17) is 0 Å². The number of allylic oxidation sites excluding steroid dienone is 1.